The van der Waals surface area contributed by atoms with E-state index in [1.807, 2.05) is 0 Å². The van der Waals surface area contributed by atoms with Gasteiger partial charge in [-0.15, -0.1) is 5.06 Å². The van der Waals surface area contributed by atoms with Gasteiger partial charge < -0.3 is 34.9 Å². The van der Waals surface area contributed by atoms with Gasteiger partial charge in [0.15, 0.2) is 0 Å². The summed E-state index contributed by atoms with van der Waals surface area (Å²) in [6.07, 6.45) is 0.309. The van der Waals surface area contributed by atoms with Crippen LogP contribution in [-0.2, 0) is 48.0 Å². The SMILES string of the molecule is CCN(CC(=O)O)C(=O)CN(CC(=O)O)C(=O)CN(CC(=O)O)C(=O)C1CCC(C(=O)ON2C(=O)CCC2=O)CC1. The molecule has 17 nitrogen and oxygen atoms in total. The average molecular weight is 585 g/mol. The number of hydrogen-bond donors (Lipinski definition) is 3. The summed E-state index contributed by atoms with van der Waals surface area (Å²) in [6.45, 7) is -2.77. The summed E-state index contributed by atoms with van der Waals surface area (Å²) in [5.74, 6) is -10.5. The molecule has 0 aromatic rings. The topological polar surface area (TPSA) is 237 Å². The molecule has 0 aromatic carbocycles. The van der Waals surface area contributed by atoms with Gasteiger partial charge in [-0.25, -0.2) is 4.79 Å². The van der Waals surface area contributed by atoms with Crippen LogP contribution in [0.5, 0.6) is 0 Å². The Bertz CT molecular complexity index is 1080. The molecule has 1 aliphatic carbocycles. The summed E-state index contributed by atoms with van der Waals surface area (Å²) >= 11 is 0. The lowest BCUT2D eigenvalue weighted by Crippen LogP contribution is -2.51. The van der Waals surface area contributed by atoms with Gasteiger partial charge in [0.25, 0.3) is 11.8 Å². The fraction of sp³-hybridized carbons (Fsp3) is 0.625. The van der Waals surface area contributed by atoms with Gasteiger partial charge in [-0.3, -0.25) is 38.4 Å². The predicted octanol–water partition coefficient (Wildman–Crippen LogP) is -1.84. The van der Waals surface area contributed by atoms with Crippen molar-refractivity contribution < 1.29 is 63.3 Å². The zero-order valence-corrected chi connectivity index (χ0v) is 22.4. The standard InChI is InChI=1S/C24H32N4O13/c1-2-25(11-20(33)34)18(31)9-26(12-21(35)36)19(32)10-27(13-22(37)38)23(39)14-3-5-15(6-4-14)24(40)41-28-16(29)7-8-17(28)30/h14-15H,2-13H2,1H3,(H,33,34)(H,35,36)(H,37,38). The largest absolute Gasteiger partial charge is 0.480 e. The smallest absolute Gasteiger partial charge is 0.336 e. The van der Waals surface area contributed by atoms with Gasteiger partial charge in [-0.1, -0.05) is 0 Å². The van der Waals surface area contributed by atoms with Crippen molar-refractivity contribution in [2.75, 3.05) is 39.3 Å². The number of nitrogens with zero attached hydrogens (tertiary/aromatic N) is 4. The van der Waals surface area contributed by atoms with E-state index in [9.17, 15) is 53.4 Å². The van der Waals surface area contributed by atoms with Crippen LogP contribution in [0.4, 0.5) is 0 Å². The molecule has 1 heterocycles. The van der Waals surface area contributed by atoms with Crippen molar-refractivity contribution in [3.8, 4) is 0 Å². The van der Waals surface area contributed by atoms with E-state index >= 15 is 0 Å². The molecule has 0 aromatic heterocycles. The third-order valence-corrected chi connectivity index (χ3v) is 6.63. The minimum absolute atomic E-state index is 0.0370. The van der Waals surface area contributed by atoms with E-state index in [-0.39, 0.29) is 45.1 Å². The number of carbonyl (C=O) groups excluding carboxylic acids is 6. The Kier molecular flexibility index (Phi) is 11.7. The maximum Gasteiger partial charge on any atom is 0.336 e. The van der Waals surface area contributed by atoms with Crippen molar-refractivity contribution in [1.82, 2.24) is 19.8 Å². The quantitative estimate of drug-likeness (QED) is 0.191. The maximum absolute atomic E-state index is 13.2. The number of carboxylic acid groups (broad SMARTS) is 3. The highest BCUT2D eigenvalue weighted by atomic mass is 16.7. The third kappa shape index (κ3) is 9.54. The van der Waals surface area contributed by atoms with Crippen molar-refractivity contribution in [1.29, 1.82) is 0 Å². The molecular weight excluding hydrogens is 552 g/mol. The molecule has 2 fully saturated rings. The molecule has 17 heteroatoms. The molecular formula is C24H32N4O13. The number of likely N-dealkylation sites (N-methyl/N-ethyl adjacent to an activating group) is 1. The van der Waals surface area contributed by atoms with Gasteiger partial charge in [-0.05, 0) is 32.6 Å². The van der Waals surface area contributed by atoms with Crippen LogP contribution >= 0.6 is 0 Å². The number of hydroxylamine groups is 2. The van der Waals surface area contributed by atoms with E-state index in [1.165, 1.54) is 6.92 Å². The zero-order valence-electron chi connectivity index (χ0n) is 22.4. The minimum atomic E-state index is -1.49. The molecule has 1 saturated carbocycles. The lowest BCUT2D eigenvalue weighted by atomic mass is 9.81. The van der Waals surface area contributed by atoms with Gasteiger partial charge in [0, 0.05) is 25.3 Å². The van der Waals surface area contributed by atoms with Crippen molar-refractivity contribution in [2.24, 2.45) is 11.8 Å². The third-order valence-electron chi connectivity index (χ3n) is 6.63. The normalized spacial score (nSPS) is 18.4. The van der Waals surface area contributed by atoms with Crippen LogP contribution in [-0.4, -0.2) is 128 Å². The Labute approximate surface area is 233 Å². The number of carboxylic acids is 3. The fourth-order valence-corrected chi connectivity index (χ4v) is 4.49. The van der Waals surface area contributed by atoms with Crippen LogP contribution in [0, 0.1) is 11.8 Å². The number of aliphatic carboxylic acids is 3. The van der Waals surface area contributed by atoms with Crippen molar-refractivity contribution in [3.63, 3.8) is 0 Å². The van der Waals surface area contributed by atoms with Crippen LogP contribution < -0.4 is 0 Å². The number of amides is 5. The van der Waals surface area contributed by atoms with Crippen molar-refractivity contribution in [3.05, 3.63) is 0 Å². The Hall–Kier alpha value is -4.57. The van der Waals surface area contributed by atoms with Gasteiger partial charge >= 0.3 is 23.9 Å². The highest BCUT2D eigenvalue weighted by Gasteiger charge is 2.38. The molecule has 1 aliphatic heterocycles. The Morgan fingerprint density at radius 1 is 0.683 bits per heavy atom. The first kappa shape index (κ1) is 32.6. The van der Waals surface area contributed by atoms with E-state index in [1.54, 1.807) is 0 Å². The summed E-state index contributed by atoms with van der Waals surface area (Å²) in [5, 5.41) is 27.9. The molecule has 0 unspecified atom stereocenters. The van der Waals surface area contributed by atoms with Crippen LogP contribution in [0.15, 0.2) is 0 Å². The number of hydrogen-bond acceptors (Lipinski definition) is 10. The number of rotatable bonds is 14. The molecule has 3 N–H and O–H groups in total. The Balaban J connectivity index is 2.05. The van der Waals surface area contributed by atoms with Crippen LogP contribution in [0.25, 0.3) is 0 Å². The second-order valence-electron chi connectivity index (χ2n) is 9.57. The van der Waals surface area contributed by atoms with Gasteiger partial charge in [0.05, 0.1) is 5.92 Å². The monoisotopic (exact) mass is 584 g/mol. The van der Waals surface area contributed by atoms with E-state index in [2.05, 4.69) is 0 Å². The zero-order chi connectivity index (χ0) is 30.9. The molecule has 226 valence electrons. The van der Waals surface area contributed by atoms with E-state index in [0.717, 1.165) is 4.90 Å². The number of imide groups is 1. The molecule has 0 atom stereocenters. The van der Waals surface area contributed by atoms with Gasteiger partial charge in [0.1, 0.15) is 32.7 Å². The predicted molar refractivity (Wildman–Crippen MR) is 131 cm³/mol. The summed E-state index contributed by atoms with van der Waals surface area (Å²) < 4.78 is 0. The Morgan fingerprint density at radius 2 is 1.10 bits per heavy atom. The van der Waals surface area contributed by atoms with Gasteiger partial charge in [-0.2, -0.15) is 0 Å². The maximum atomic E-state index is 13.2. The molecule has 2 rings (SSSR count). The lowest BCUT2D eigenvalue weighted by Gasteiger charge is -2.32. The lowest BCUT2D eigenvalue weighted by molar-refractivity contribution is -0.201. The summed E-state index contributed by atoms with van der Waals surface area (Å²) in [5.41, 5.74) is 0. The molecule has 41 heavy (non-hydrogen) atoms. The van der Waals surface area contributed by atoms with Crippen LogP contribution in [0.2, 0.25) is 0 Å². The molecule has 1 saturated heterocycles. The second kappa shape index (κ2) is 14.7. The fourth-order valence-electron chi connectivity index (χ4n) is 4.49. The molecule has 0 radical (unpaired) electrons. The Morgan fingerprint density at radius 3 is 1.59 bits per heavy atom. The van der Waals surface area contributed by atoms with Crippen molar-refractivity contribution in [2.45, 2.75) is 45.4 Å². The van der Waals surface area contributed by atoms with Crippen LogP contribution in [0.1, 0.15) is 45.4 Å². The highest BCUT2D eigenvalue weighted by Crippen LogP contribution is 2.31. The van der Waals surface area contributed by atoms with E-state index in [4.69, 9.17) is 9.94 Å². The summed E-state index contributed by atoms with van der Waals surface area (Å²) in [7, 11) is 0. The first-order valence-corrected chi connectivity index (χ1v) is 12.8. The minimum Gasteiger partial charge on any atom is -0.480 e. The first-order chi connectivity index (χ1) is 19.2. The van der Waals surface area contributed by atoms with Crippen molar-refractivity contribution >= 4 is 53.4 Å². The second-order valence-corrected chi connectivity index (χ2v) is 9.57. The molecule has 5 amide bonds. The molecule has 0 spiro atoms. The number of carbonyl (C=O) groups is 9. The molecule has 0 bridgehead atoms. The molecule has 2 aliphatic rings. The van der Waals surface area contributed by atoms with Gasteiger partial charge in [0.2, 0.25) is 17.7 Å². The van der Waals surface area contributed by atoms with E-state index < -0.39 is 98.0 Å². The van der Waals surface area contributed by atoms with E-state index in [0.29, 0.717) is 14.9 Å². The van der Waals surface area contributed by atoms with Crippen LogP contribution in [0.3, 0.4) is 0 Å². The highest BCUT2D eigenvalue weighted by molar-refractivity contribution is 6.01. The first-order valence-electron chi connectivity index (χ1n) is 12.8. The summed E-state index contributed by atoms with van der Waals surface area (Å²) in [6, 6.07) is 0. The average Bonchev–Trinajstić information content (AvgIpc) is 3.21. The summed E-state index contributed by atoms with van der Waals surface area (Å²) in [4.78, 5) is 115.